The van der Waals surface area contributed by atoms with Crippen LogP contribution in [0.4, 0.5) is 5.69 Å². The van der Waals surface area contributed by atoms with Gasteiger partial charge in [0.15, 0.2) is 10.6 Å². The van der Waals surface area contributed by atoms with Crippen LogP contribution >= 0.6 is 0 Å². The maximum Gasteiger partial charge on any atom is 0.189 e. The number of hydrogen-bond acceptors (Lipinski definition) is 1. The summed E-state index contributed by atoms with van der Waals surface area (Å²) in [5.74, 6) is 1.17. The fourth-order valence-corrected chi connectivity index (χ4v) is 5.32. The lowest BCUT2D eigenvalue weighted by molar-refractivity contribution is 1.11. The van der Waals surface area contributed by atoms with Crippen LogP contribution in [-0.2, 0) is 11.1 Å². The van der Waals surface area contributed by atoms with E-state index >= 15 is 0 Å². The first kappa shape index (κ1) is 11.2. The molecule has 94 valence electrons. The number of nitrogens with zero attached hydrogens (tertiary/aromatic N) is 1. The molecule has 2 aliphatic heterocycles. The highest BCUT2D eigenvalue weighted by Crippen LogP contribution is 2.45. The van der Waals surface area contributed by atoms with E-state index in [1.807, 2.05) is 0 Å². The largest absolute Gasteiger partial charge is 0.189 e. The van der Waals surface area contributed by atoms with Gasteiger partial charge in [0.2, 0.25) is 0 Å². The van der Waals surface area contributed by atoms with Crippen LogP contribution in [0.5, 0.6) is 0 Å². The van der Waals surface area contributed by atoms with Crippen LogP contribution in [0.2, 0.25) is 0 Å². The van der Waals surface area contributed by atoms with Gasteiger partial charge >= 0.3 is 0 Å². The molecule has 19 heavy (non-hydrogen) atoms. The molecule has 2 heterocycles. The standard InChI is InChI=1S/C17H16NS/c1-13-10-11-18-16-8-4-2-6-14(16)15-7-3-5-9-17(15)19(18)12-13/h2-10H,11-12H2,1H3/q+1. The summed E-state index contributed by atoms with van der Waals surface area (Å²) in [5, 5.41) is 0. The van der Waals surface area contributed by atoms with E-state index < -0.39 is 0 Å². The van der Waals surface area contributed by atoms with Crippen LogP contribution in [0.3, 0.4) is 0 Å². The maximum absolute atomic E-state index is 2.57. The molecule has 2 aromatic carbocycles. The van der Waals surface area contributed by atoms with Gasteiger partial charge in [-0.25, -0.2) is 0 Å². The maximum atomic E-state index is 2.57. The number of rotatable bonds is 0. The highest BCUT2D eigenvalue weighted by atomic mass is 32.2. The van der Waals surface area contributed by atoms with Crippen LogP contribution < -0.4 is 4.31 Å². The summed E-state index contributed by atoms with van der Waals surface area (Å²) < 4.78 is 2.57. The van der Waals surface area contributed by atoms with Crippen molar-refractivity contribution >= 4 is 16.8 Å². The molecule has 0 radical (unpaired) electrons. The molecule has 1 nitrogen and oxygen atoms in total. The van der Waals surface area contributed by atoms with Crippen LogP contribution in [-0.4, -0.2) is 12.3 Å². The molecule has 1 atom stereocenters. The Balaban J connectivity index is 1.99. The highest BCUT2D eigenvalue weighted by molar-refractivity contribution is 7.98. The first-order valence-electron chi connectivity index (χ1n) is 6.67. The van der Waals surface area contributed by atoms with Gasteiger partial charge in [-0.1, -0.05) is 36.4 Å². The normalized spacial score (nSPS) is 20.2. The van der Waals surface area contributed by atoms with Gasteiger partial charge in [-0.2, -0.15) is 4.31 Å². The summed E-state index contributed by atoms with van der Waals surface area (Å²) in [6, 6.07) is 17.7. The van der Waals surface area contributed by atoms with Gasteiger partial charge in [0.05, 0.1) is 12.2 Å². The molecule has 4 rings (SSSR count). The number of hydrogen-bond donors (Lipinski definition) is 0. The van der Waals surface area contributed by atoms with Gasteiger partial charge in [0.1, 0.15) is 11.1 Å². The zero-order valence-electron chi connectivity index (χ0n) is 11.0. The van der Waals surface area contributed by atoms with Gasteiger partial charge in [-0.3, -0.25) is 0 Å². The Bertz CT molecular complexity index is 674. The Morgan fingerprint density at radius 2 is 1.68 bits per heavy atom. The molecule has 0 aliphatic carbocycles. The summed E-state index contributed by atoms with van der Waals surface area (Å²) >= 11 is 0.196. The van der Waals surface area contributed by atoms with Crippen LogP contribution in [0.1, 0.15) is 6.92 Å². The Morgan fingerprint density at radius 3 is 2.58 bits per heavy atom. The molecule has 0 saturated carbocycles. The first-order chi connectivity index (χ1) is 9.34. The van der Waals surface area contributed by atoms with E-state index in [0.29, 0.717) is 0 Å². The van der Waals surface area contributed by atoms with Gasteiger partial charge < -0.3 is 0 Å². The number of anilines is 1. The zero-order valence-corrected chi connectivity index (χ0v) is 11.8. The second kappa shape index (κ2) is 4.17. The molecule has 2 aliphatic rings. The quantitative estimate of drug-likeness (QED) is 0.514. The van der Waals surface area contributed by atoms with Crippen molar-refractivity contribution in [2.24, 2.45) is 0 Å². The van der Waals surface area contributed by atoms with Gasteiger partial charge in [0.25, 0.3) is 0 Å². The van der Waals surface area contributed by atoms with Crippen molar-refractivity contribution in [3.63, 3.8) is 0 Å². The van der Waals surface area contributed by atoms with Crippen molar-refractivity contribution < 1.29 is 0 Å². The molecule has 0 amide bonds. The Labute approximate surface area is 117 Å². The summed E-state index contributed by atoms with van der Waals surface area (Å²) in [6.07, 6.45) is 2.37. The van der Waals surface area contributed by atoms with E-state index in [1.165, 1.54) is 33.0 Å². The summed E-state index contributed by atoms with van der Waals surface area (Å²) in [7, 11) is 0. The van der Waals surface area contributed by atoms with Crippen molar-refractivity contribution in [3.05, 3.63) is 60.2 Å². The minimum atomic E-state index is 0.196. The monoisotopic (exact) mass is 266 g/mol. The summed E-state index contributed by atoms with van der Waals surface area (Å²) in [5.41, 5.74) is 5.73. The third-order valence-corrected chi connectivity index (χ3v) is 6.31. The van der Waals surface area contributed by atoms with E-state index in [4.69, 9.17) is 0 Å². The average molecular weight is 266 g/mol. The van der Waals surface area contributed by atoms with Crippen LogP contribution in [0, 0.1) is 0 Å². The molecule has 1 unspecified atom stereocenters. The molecule has 0 saturated heterocycles. The third kappa shape index (κ3) is 1.63. The number of fused-ring (bicyclic) bond motifs is 6. The van der Waals surface area contributed by atoms with E-state index in [0.717, 1.165) is 6.54 Å². The highest BCUT2D eigenvalue weighted by Gasteiger charge is 2.41. The Hall–Kier alpha value is -1.67. The second-order valence-electron chi connectivity index (χ2n) is 5.13. The zero-order chi connectivity index (χ0) is 12.8. The molecule has 0 fully saturated rings. The minimum Gasteiger partial charge on any atom is -0.185 e. The minimum absolute atomic E-state index is 0.196. The summed E-state index contributed by atoms with van der Waals surface area (Å²) in [4.78, 5) is 1.51. The number of para-hydroxylation sites is 1. The molecular weight excluding hydrogens is 250 g/mol. The van der Waals surface area contributed by atoms with Crippen molar-refractivity contribution in [2.45, 2.75) is 11.8 Å². The van der Waals surface area contributed by atoms with Crippen molar-refractivity contribution in [1.29, 1.82) is 0 Å². The van der Waals surface area contributed by atoms with E-state index in [-0.39, 0.29) is 11.1 Å². The molecular formula is C17H16NS+. The lowest BCUT2D eigenvalue weighted by atomic mass is 10.0. The lowest BCUT2D eigenvalue weighted by Gasteiger charge is -2.32. The fraction of sp³-hybridized carbons (Fsp3) is 0.176. The SMILES string of the molecule is CC1=CCN2c3ccccc3-c3ccccc3[S+]2C1. The molecule has 2 heteroatoms. The molecule has 0 spiro atoms. The second-order valence-corrected chi connectivity index (χ2v) is 7.03. The molecule has 2 aromatic rings. The lowest BCUT2D eigenvalue weighted by Crippen LogP contribution is -2.39. The Morgan fingerprint density at radius 1 is 0.947 bits per heavy atom. The van der Waals surface area contributed by atoms with Gasteiger partial charge in [-0.05, 0) is 30.7 Å². The van der Waals surface area contributed by atoms with Crippen LogP contribution in [0.15, 0.2) is 65.1 Å². The van der Waals surface area contributed by atoms with Crippen molar-refractivity contribution in [1.82, 2.24) is 0 Å². The van der Waals surface area contributed by atoms with Crippen LogP contribution in [0.25, 0.3) is 11.1 Å². The smallest absolute Gasteiger partial charge is 0.185 e. The van der Waals surface area contributed by atoms with Crippen molar-refractivity contribution in [2.75, 3.05) is 16.6 Å². The van der Waals surface area contributed by atoms with Gasteiger partial charge in [-0.15, -0.1) is 0 Å². The van der Waals surface area contributed by atoms with Crippen molar-refractivity contribution in [3.8, 4) is 11.1 Å². The molecule has 0 N–H and O–H groups in total. The van der Waals surface area contributed by atoms with E-state index in [9.17, 15) is 0 Å². The predicted molar refractivity (Wildman–Crippen MR) is 83.5 cm³/mol. The van der Waals surface area contributed by atoms with E-state index in [2.05, 4.69) is 65.8 Å². The average Bonchev–Trinajstić information content (AvgIpc) is 2.47. The predicted octanol–water partition coefficient (Wildman–Crippen LogP) is 4.03. The van der Waals surface area contributed by atoms with Gasteiger partial charge in [0, 0.05) is 11.1 Å². The Kier molecular flexibility index (Phi) is 2.46. The fourth-order valence-electron chi connectivity index (χ4n) is 2.91. The topological polar surface area (TPSA) is 3.24 Å². The summed E-state index contributed by atoms with van der Waals surface area (Å²) in [6.45, 7) is 3.30. The molecule has 0 aromatic heterocycles. The van der Waals surface area contributed by atoms with E-state index in [1.54, 1.807) is 0 Å². The first-order valence-corrected chi connectivity index (χ1v) is 8.02. The number of benzene rings is 2. The third-order valence-electron chi connectivity index (χ3n) is 3.84. The molecule has 0 bridgehead atoms.